The highest BCUT2D eigenvalue weighted by molar-refractivity contribution is 5.77. The standard InChI is InChI=1S/C7H13NO4/c8-7(12)4-1-3(2-9)5(10)6(4)11/h3-6,9-11H,1-2H2,(H2,8,12)/t3-,4-,5-,6+/m1/s1. The third kappa shape index (κ3) is 1.43. The molecule has 1 aliphatic carbocycles. The molecule has 1 aliphatic rings. The zero-order valence-electron chi connectivity index (χ0n) is 6.55. The van der Waals surface area contributed by atoms with Crippen LogP contribution in [0.15, 0.2) is 0 Å². The van der Waals surface area contributed by atoms with Crippen molar-refractivity contribution in [3.8, 4) is 0 Å². The minimum atomic E-state index is -1.13. The number of nitrogens with two attached hydrogens (primary N) is 1. The third-order valence-electron chi connectivity index (χ3n) is 2.40. The molecular weight excluding hydrogens is 162 g/mol. The second-order valence-corrected chi connectivity index (χ2v) is 3.17. The van der Waals surface area contributed by atoms with Crippen molar-refractivity contribution in [2.45, 2.75) is 18.6 Å². The molecule has 0 spiro atoms. The lowest BCUT2D eigenvalue weighted by Crippen LogP contribution is -2.35. The van der Waals surface area contributed by atoms with Crippen LogP contribution in [0.4, 0.5) is 0 Å². The molecule has 0 radical (unpaired) electrons. The molecule has 70 valence electrons. The van der Waals surface area contributed by atoms with Crippen molar-refractivity contribution in [3.63, 3.8) is 0 Å². The van der Waals surface area contributed by atoms with Crippen molar-refractivity contribution in [2.75, 3.05) is 6.61 Å². The third-order valence-corrected chi connectivity index (χ3v) is 2.40. The molecule has 0 unspecified atom stereocenters. The number of primary amides is 1. The molecule has 5 N–H and O–H groups in total. The van der Waals surface area contributed by atoms with Crippen molar-refractivity contribution in [3.05, 3.63) is 0 Å². The number of hydrogen-bond acceptors (Lipinski definition) is 4. The van der Waals surface area contributed by atoms with Crippen LogP contribution >= 0.6 is 0 Å². The molecule has 0 heterocycles. The predicted octanol–water partition coefficient (Wildman–Crippen LogP) is -2.18. The number of carbonyl (C=O) groups excluding carboxylic acids is 1. The number of hydrogen-bond donors (Lipinski definition) is 4. The number of aliphatic hydroxyl groups is 3. The Morgan fingerprint density at radius 2 is 2.00 bits per heavy atom. The lowest BCUT2D eigenvalue weighted by molar-refractivity contribution is -0.125. The van der Waals surface area contributed by atoms with E-state index >= 15 is 0 Å². The Bertz CT molecular complexity index is 184. The van der Waals surface area contributed by atoms with Gasteiger partial charge in [0.15, 0.2) is 0 Å². The zero-order valence-corrected chi connectivity index (χ0v) is 6.55. The molecule has 0 saturated heterocycles. The van der Waals surface area contributed by atoms with E-state index in [4.69, 9.17) is 10.8 Å². The van der Waals surface area contributed by atoms with E-state index in [0.29, 0.717) is 0 Å². The summed E-state index contributed by atoms with van der Waals surface area (Å²) in [5.41, 5.74) is 4.98. The molecular formula is C7H13NO4. The summed E-state index contributed by atoms with van der Waals surface area (Å²) in [5, 5.41) is 27.3. The van der Waals surface area contributed by atoms with Crippen LogP contribution in [0.1, 0.15) is 6.42 Å². The number of aliphatic hydroxyl groups excluding tert-OH is 3. The van der Waals surface area contributed by atoms with Crippen LogP contribution in [0.25, 0.3) is 0 Å². The molecule has 0 bridgehead atoms. The Labute approximate surface area is 69.8 Å². The van der Waals surface area contributed by atoms with E-state index in [9.17, 15) is 15.0 Å². The fourth-order valence-electron chi connectivity index (χ4n) is 1.59. The Balaban J connectivity index is 2.66. The largest absolute Gasteiger partial charge is 0.396 e. The van der Waals surface area contributed by atoms with E-state index in [-0.39, 0.29) is 13.0 Å². The van der Waals surface area contributed by atoms with Crippen LogP contribution < -0.4 is 5.73 Å². The van der Waals surface area contributed by atoms with Crippen LogP contribution in [0.2, 0.25) is 0 Å². The van der Waals surface area contributed by atoms with Gasteiger partial charge in [0.05, 0.1) is 18.1 Å². The average molecular weight is 175 g/mol. The number of carbonyl (C=O) groups is 1. The molecule has 4 atom stereocenters. The van der Waals surface area contributed by atoms with Crippen molar-refractivity contribution in [2.24, 2.45) is 17.6 Å². The van der Waals surface area contributed by atoms with E-state index in [1.54, 1.807) is 0 Å². The Morgan fingerprint density at radius 3 is 2.25 bits per heavy atom. The molecule has 0 aromatic carbocycles. The van der Waals surface area contributed by atoms with E-state index in [1.807, 2.05) is 0 Å². The molecule has 5 nitrogen and oxygen atoms in total. The van der Waals surface area contributed by atoms with Crippen molar-refractivity contribution in [1.29, 1.82) is 0 Å². The van der Waals surface area contributed by atoms with Gasteiger partial charge < -0.3 is 21.1 Å². The first-order chi connectivity index (χ1) is 5.57. The summed E-state index contributed by atoms with van der Waals surface area (Å²) in [4.78, 5) is 10.7. The molecule has 12 heavy (non-hydrogen) atoms. The predicted molar refractivity (Wildman–Crippen MR) is 39.9 cm³/mol. The summed E-state index contributed by atoms with van der Waals surface area (Å²) in [6.45, 7) is -0.234. The van der Waals surface area contributed by atoms with Crippen LogP contribution in [0, 0.1) is 11.8 Å². The average Bonchev–Trinajstić information content (AvgIpc) is 2.30. The maximum Gasteiger partial charge on any atom is 0.223 e. The van der Waals surface area contributed by atoms with Crippen LogP contribution in [-0.4, -0.2) is 40.0 Å². The summed E-state index contributed by atoms with van der Waals surface area (Å²) >= 11 is 0. The summed E-state index contributed by atoms with van der Waals surface area (Å²) in [5.74, 6) is -1.79. The molecule has 1 saturated carbocycles. The van der Waals surface area contributed by atoms with E-state index in [1.165, 1.54) is 0 Å². The van der Waals surface area contributed by atoms with Gasteiger partial charge in [-0.25, -0.2) is 0 Å². The van der Waals surface area contributed by atoms with Crippen molar-refractivity contribution < 1.29 is 20.1 Å². The summed E-state index contributed by atoms with van der Waals surface area (Å²) < 4.78 is 0. The Morgan fingerprint density at radius 1 is 1.42 bits per heavy atom. The quantitative estimate of drug-likeness (QED) is 0.383. The maximum atomic E-state index is 10.7. The zero-order chi connectivity index (χ0) is 9.30. The van der Waals surface area contributed by atoms with Gasteiger partial charge in [0.25, 0.3) is 0 Å². The van der Waals surface area contributed by atoms with Gasteiger partial charge in [-0.15, -0.1) is 0 Å². The second kappa shape index (κ2) is 3.38. The van der Waals surface area contributed by atoms with Gasteiger partial charge in [-0.3, -0.25) is 4.79 Å². The van der Waals surface area contributed by atoms with Gasteiger partial charge in [-0.05, 0) is 6.42 Å². The Hall–Kier alpha value is -0.650. The lowest BCUT2D eigenvalue weighted by atomic mass is 10.0. The monoisotopic (exact) mass is 175 g/mol. The first kappa shape index (κ1) is 9.44. The normalized spacial score (nSPS) is 41.6. The fraction of sp³-hybridized carbons (Fsp3) is 0.857. The highest BCUT2D eigenvalue weighted by Gasteiger charge is 2.43. The van der Waals surface area contributed by atoms with Crippen molar-refractivity contribution >= 4 is 5.91 Å². The smallest absolute Gasteiger partial charge is 0.223 e. The first-order valence-electron chi connectivity index (χ1n) is 3.84. The molecule has 0 aliphatic heterocycles. The van der Waals surface area contributed by atoms with Crippen molar-refractivity contribution in [1.82, 2.24) is 0 Å². The topological polar surface area (TPSA) is 104 Å². The van der Waals surface area contributed by atoms with Crippen LogP contribution in [0.5, 0.6) is 0 Å². The number of rotatable bonds is 2. The molecule has 1 rings (SSSR count). The van der Waals surface area contributed by atoms with Gasteiger partial charge in [0, 0.05) is 12.5 Å². The fourth-order valence-corrected chi connectivity index (χ4v) is 1.59. The van der Waals surface area contributed by atoms with Gasteiger partial charge in [-0.2, -0.15) is 0 Å². The van der Waals surface area contributed by atoms with Gasteiger partial charge in [0.1, 0.15) is 0 Å². The van der Waals surface area contributed by atoms with E-state index in [2.05, 4.69) is 0 Å². The number of amides is 1. The van der Waals surface area contributed by atoms with Gasteiger partial charge in [-0.1, -0.05) is 0 Å². The highest BCUT2D eigenvalue weighted by atomic mass is 16.3. The molecule has 0 aromatic rings. The first-order valence-corrected chi connectivity index (χ1v) is 3.84. The molecule has 1 fully saturated rings. The summed E-state index contributed by atoms with van der Waals surface area (Å²) in [7, 11) is 0. The van der Waals surface area contributed by atoms with E-state index in [0.717, 1.165) is 0 Å². The molecule has 0 aromatic heterocycles. The minimum absolute atomic E-state index is 0.234. The Kier molecular flexibility index (Phi) is 2.66. The molecule has 1 amide bonds. The molecule has 5 heteroatoms. The summed E-state index contributed by atoms with van der Waals surface area (Å²) in [6.07, 6.45) is -1.90. The van der Waals surface area contributed by atoms with E-state index < -0.39 is 30.0 Å². The van der Waals surface area contributed by atoms with Gasteiger partial charge >= 0.3 is 0 Å². The lowest BCUT2D eigenvalue weighted by Gasteiger charge is -2.13. The van der Waals surface area contributed by atoms with Crippen LogP contribution in [-0.2, 0) is 4.79 Å². The SMILES string of the molecule is NC(=O)[C@@H]1C[C@H](CO)[C@@H](O)[C@H]1O. The second-order valence-electron chi connectivity index (χ2n) is 3.17. The highest BCUT2D eigenvalue weighted by Crippen LogP contribution is 2.31. The van der Waals surface area contributed by atoms with Gasteiger partial charge in [0.2, 0.25) is 5.91 Å². The minimum Gasteiger partial charge on any atom is -0.396 e. The maximum absolute atomic E-state index is 10.7. The van der Waals surface area contributed by atoms with Crippen LogP contribution in [0.3, 0.4) is 0 Å². The summed E-state index contributed by atoms with van der Waals surface area (Å²) in [6, 6.07) is 0.